The van der Waals surface area contributed by atoms with Crippen molar-refractivity contribution in [3.8, 4) is 0 Å². The van der Waals surface area contributed by atoms with E-state index in [4.69, 9.17) is 16.0 Å². The highest BCUT2D eigenvalue weighted by molar-refractivity contribution is 7.12. The van der Waals surface area contributed by atoms with Crippen LogP contribution in [0.2, 0.25) is 5.02 Å². The predicted molar refractivity (Wildman–Crippen MR) is 88.3 cm³/mol. The number of hydrogen-bond acceptors (Lipinski definition) is 3. The molecule has 0 amide bonds. The number of hydrogen-bond donors (Lipinski definition) is 1. The van der Waals surface area contributed by atoms with Crippen molar-refractivity contribution >= 4 is 33.9 Å². The fourth-order valence-corrected chi connectivity index (χ4v) is 3.45. The topological polar surface area (TPSA) is 33.4 Å². The summed E-state index contributed by atoms with van der Waals surface area (Å²) in [5, 5.41) is 12.1. The lowest BCUT2D eigenvalue weighted by Gasteiger charge is -2.15. The monoisotopic (exact) mass is 320 g/mol. The minimum Gasteiger partial charge on any atom is -0.458 e. The molecule has 1 aromatic carbocycles. The van der Waals surface area contributed by atoms with E-state index in [9.17, 15) is 5.11 Å². The van der Waals surface area contributed by atoms with Crippen LogP contribution in [0.4, 0.5) is 0 Å². The maximum atomic E-state index is 10.5. The Morgan fingerprint density at radius 3 is 2.57 bits per heavy atom. The second-order valence-electron chi connectivity index (χ2n) is 6.19. The van der Waals surface area contributed by atoms with E-state index in [0.717, 1.165) is 15.8 Å². The summed E-state index contributed by atoms with van der Waals surface area (Å²) in [6.07, 6.45) is -0.739. The lowest BCUT2D eigenvalue weighted by atomic mass is 9.95. The van der Waals surface area contributed by atoms with Crippen LogP contribution in [0.3, 0.4) is 0 Å². The maximum absolute atomic E-state index is 10.5. The van der Waals surface area contributed by atoms with Crippen LogP contribution in [0.5, 0.6) is 0 Å². The summed E-state index contributed by atoms with van der Waals surface area (Å²) in [6, 6.07) is 11.3. The zero-order chi connectivity index (χ0) is 15.2. The summed E-state index contributed by atoms with van der Waals surface area (Å²) < 4.78 is 5.73. The zero-order valence-corrected chi connectivity index (χ0v) is 13.8. The standard InChI is InChI=1S/C17H17ClO2S/c1-17(2,3)15-7-6-14(21-15)16(19)13-9-10-8-11(18)4-5-12(10)20-13/h4-9,16,19H,1-3H3. The fourth-order valence-electron chi connectivity index (χ4n) is 2.21. The van der Waals surface area contributed by atoms with Gasteiger partial charge in [0.1, 0.15) is 17.4 Å². The second-order valence-corrected chi connectivity index (χ2v) is 7.74. The van der Waals surface area contributed by atoms with Crippen LogP contribution < -0.4 is 0 Å². The Kier molecular flexibility index (Phi) is 3.60. The summed E-state index contributed by atoms with van der Waals surface area (Å²) in [7, 11) is 0. The van der Waals surface area contributed by atoms with Crippen LogP contribution in [-0.4, -0.2) is 5.11 Å². The van der Waals surface area contributed by atoms with Gasteiger partial charge >= 0.3 is 0 Å². The molecule has 0 aliphatic heterocycles. The SMILES string of the molecule is CC(C)(C)c1ccc(C(O)c2cc3cc(Cl)ccc3o2)s1. The summed E-state index contributed by atoms with van der Waals surface area (Å²) in [5.74, 6) is 0.551. The first-order valence-corrected chi connectivity index (χ1v) is 8.01. The summed E-state index contributed by atoms with van der Waals surface area (Å²) in [5.41, 5.74) is 0.824. The molecule has 21 heavy (non-hydrogen) atoms. The zero-order valence-electron chi connectivity index (χ0n) is 12.2. The van der Waals surface area contributed by atoms with Crippen molar-refractivity contribution in [2.45, 2.75) is 32.3 Å². The number of rotatable bonds is 2. The predicted octanol–water partition coefficient (Wildman–Crippen LogP) is 5.53. The summed E-state index contributed by atoms with van der Waals surface area (Å²) in [6.45, 7) is 6.49. The Bertz CT molecular complexity index is 780. The molecule has 2 aromatic heterocycles. The van der Waals surface area contributed by atoms with Crippen LogP contribution in [0, 0.1) is 0 Å². The van der Waals surface area contributed by atoms with Crippen molar-refractivity contribution in [3.63, 3.8) is 0 Å². The number of aliphatic hydroxyl groups excluding tert-OH is 1. The quantitative estimate of drug-likeness (QED) is 0.673. The van der Waals surface area contributed by atoms with Crippen LogP contribution in [0.1, 0.15) is 42.4 Å². The molecule has 0 aliphatic rings. The van der Waals surface area contributed by atoms with Gasteiger partial charge in [0, 0.05) is 20.2 Å². The van der Waals surface area contributed by atoms with E-state index in [1.54, 1.807) is 17.4 Å². The van der Waals surface area contributed by atoms with E-state index in [1.807, 2.05) is 24.3 Å². The molecule has 3 aromatic rings. The number of fused-ring (bicyclic) bond motifs is 1. The highest BCUT2D eigenvalue weighted by Gasteiger charge is 2.21. The molecule has 1 N–H and O–H groups in total. The van der Waals surface area contributed by atoms with E-state index in [-0.39, 0.29) is 5.41 Å². The molecule has 2 heterocycles. The van der Waals surface area contributed by atoms with Gasteiger partial charge in [0.2, 0.25) is 0 Å². The lowest BCUT2D eigenvalue weighted by Crippen LogP contribution is -2.07. The minimum absolute atomic E-state index is 0.0873. The van der Waals surface area contributed by atoms with Gasteiger partial charge in [0.05, 0.1) is 0 Å². The van der Waals surface area contributed by atoms with Crippen molar-refractivity contribution in [1.82, 2.24) is 0 Å². The van der Waals surface area contributed by atoms with E-state index in [2.05, 4.69) is 26.8 Å². The molecule has 1 atom stereocenters. The molecular formula is C17H17ClO2S. The van der Waals surface area contributed by atoms with E-state index in [1.165, 1.54) is 4.88 Å². The van der Waals surface area contributed by atoms with Crippen molar-refractivity contribution in [1.29, 1.82) is 0 Å². The number of benzene rings is 1. The molecule has 0 radical (unpaired) electrons. The van der Waals surface area contributed by atoms with Crippen LogP contribution in [-0.2, 0) is 5.41 Å². The summed E-state index contributed by atoms with van der Waals surface area (Å²) >= 11 is 7.60. The van der Waals surface area contributed by atoms with Crippen LogP contribution in [0.15, 0.2) is 40.8 Å². The molecule has 3 rings (SSSR count). The Hall–Kier alpha value is -1.29. The van der Waals surface area contributed by atoms with Crippen molar-refractivity contribution in [3.05, 3.63) is 56.9 Å². The van der Waals surface area contributed by atoms with Gasteiger partial charge in [-0.3, -0.25) is 0 Å². The molecule has 0 aliphatic carbocycles. The Morgan fingerprint density at radius 1 is 1.14 bits per heavy atom. The average Bonchev–Trinajstić information content (AvgIpc) is 3.03. The molecule has 0 fully saturated rings. The molecule has 1 unspecified atom stereocenters. The van der Waals surface area contributed by atoms with E-state index in [0.29, 0.717) is 10.8 Å². The smallest absolute Gasteiger partial charge is 0.146 e. The largest absolute Gasteiger partial charge is 0.458 e. The van der Waals surface area contributed by atoms with Crippen molar-refractivity contribution < 1.29 is 9.52 Å². The first-order chi connectivity index (χ1) is 9.84. The highest BCUT2D eigenvalue weighted by Crippen LogP contribution is 2.36. The van der Waals surface area contributed by atoms with Gasteiger partial charge in [-0.25, -0.2) is 0 Å². The second kappa shape index (κ2) is 5.16. The Morgan fingerprint density at radius 2 is 1.90 bits per heavy atom. The molecule has 4 heteroatoms. The number of thiophene rings is 1. The van der Waals surface area contributed by atoms with Crippen molar-refractivity contribution in [2.24, 2.45) is 0 Å². The van der Waals surface area contributed by atoms with Crippen LogP contribution in [0.25, 0.3) is 11.0 Å². The molecule has 0 spiro atoms. The highest BCUT2D eigenvalue weighted by atomic mass is 35.5. The van der Waals surface area contributed by atoms with Gasteiger partial charge in [-0.1, -0.05) is 32.4 Å². The van der Waals surface area contributed by atoms with Gasteiger partial charge in [-0.15, -0.1) is 11.3 Å². The number of aliphatic hydroxyl groups is 1. The number of furan rings is 1. The van der Waals surface area contributed by atoms with E-state index >= 15 is 0 Å². The molecule has 0 saturated heterocycles. The first-order valence-electron chi connectivity index (χ1n) is 6.82. The third-order valence-electron chi connectivity index (χ3n) is 3.40. The first kappa shape index (κ1) is 14.6. The minimum atomic E-state index is -0.739. The normalized spacial score (nSPS) is 13.8. The van der Waals surface area contributed by atoms with Gasteiger partial charge < -0.3 is 9.52 Å². The van der Waals surface area contributed by atoms with Crippen LogP contribution >= 0.6 is 22.9 Å². The molecule has 2 nitrogen and oxygen atoms in total. The lowest BCUT2D eigenvalue weighted by molar-refractivity contribution is 0.196. The maximum Gasteiger partial charge on any atom is 0.146 e. The Balaban J connectivity index is 1.96. The Labute approximate surface area is 133 Å². The van der Waals surface area contributed by atoms with E-state index < -0.39 is 6.10 Å². The average molecular weight is 321 g/mol. The summed E-state index contributed by atoms with van der Waals surface area (Å²) in [4.78, 5) is 2.14. The van der Waals surface area contributed by atoms with Gasteiger partial charge in [-0.05, 0) is 41.8 Å². The number of halogens is 1. The van der Waals surface area contributed by atoms with Gasteiger partial charge in [-0.2, -0.15) is 0 Å². The molecule has 0 bridgehead atoms. The van der Waals surface area contributed by atoms with Gasteiger partial charge in [0.15, 0.2) is 0 Å². The third-order valence-corrected chi connectivity index (χ3v) is 5.20. The van der Waals surface area contributed by atoms with Gasteiger partial charge in [0.25, 0.3) is 0 Å². The molecular weight excluding hydrogens is 304 g/mol. The third kappa shape index (κ3) is 2.86. The molecule has 0 saturated carbocycles. The molecule has 110 valence electrons. The fraction of sp³-hybridized carbons (Fsp3) is 0.294. The van der Waals surface area contributed by atoms with Crippen molar-refractivity contribution in [2.75, 3.05) is 0 Å².